The quantitative estimate of drug-likeness (QED) is 0.323. The molecule has 0 aromatic carbocycles. The van der Waals surface area contributed by atoms with Gasteiger partial charge in [0.25, 0.3) is 0 Å². The van der Waals surface area contributed by atoms with E-state index < -0.39 is 5.97 Å². The van der Waals surface area contributed by atoms with Crippen LogP contribution in [0.3, 0.4) is 0 Å². The van der Waals surface area contributed by atoms with Crippen molar-refractivity contribution in [3.05, 3.63) is 12.7 Å². The minimum Gasteiger partial charge on any atom is -0.460 e. The summed E-state index contributed by atoms with van der Waals surface area (Å²) in [7, 11) is 0. The number of rotatable bonds is 11. The number of ether oxygens (including phenoxy) is 3. The predicted molar refractivity (Wildman–Crippen MR) is 97.1 cm³/mol. The Bertz CT molecular complexity index is 449. The zero-order chi connectivity index (χ0) is 17.6. The molecule has 0 N–H and O–H groups in total. The van der Waals surface area contributed by atoms with Crippen molar-refractivity contribution in [3.8, 4) is 0 Å². The van der Waals surface area contributed by atoms with E-state index >= 15 is 0 Å². The van der Waals surface area contributed by atoms with Crippen LogP contribution in [0.1, 0.15) is 45.4 Å². The van der Waals surface area contributed by atoms with Crippen LogP contribution in [0.15, 0.2) is 12.7 Å². The van der Waals surface area contributed by atoms with Crippen molar-refractivity contribution < 1.29 is 19.0 Å². The van der Waals surface area contributed by atoms with Crippen LogP contribution in [0, 0.1) is 35.5 Å². The second-order valence-corrected chi connectivity index (χ2v) is 8.20. The highest BCUT2D eigenvalue weighted by Crippen LogP contribution is 2.63. The summed E-state index contributed by atoms with van der Waals surface area (Å²) in [5.74, 6) is 5.70. The van der Waals surface area contributed by atoms with Crippen molar-refractivity contribution in [3.63, 3.8) is 0 Å². The van der Waals surface area contributed by atoms with E-state index in [2.05, 4.69) is 13.5 Å². The summed E-state index contributed by atoms with van der Waals surface area (Å²) in [5, 5.41) is 0. The molecule has 0 aliphatic heterocycles. The Hall–Kier alpha value is -0.870. The smallest absolute Gasteiger partial charge is 0.330 e. The first-order valence-corrected chi connectivity index (χ1v) is 10.2. The molecule has 4 heteroatoms. The van der Waals surface area contributed by atoms with Gasteiger partial charge in [-0.05, 0) is 74.0 Å². The van der Waals surface area contributed by atoms with Crippen molar-refractivity contribution in [2.75, 3.05) is 33.0 Å². The number of fused-ring (bicyclic) bond motifs is 5. The molecule has 142 valence electrons. The number of carbonyl (C=O) groups excluding carboxylic acids is 1. The summed E-state index contributed by atoms with van der Waals surface area (Å²) in [6, 6.07) is 0. The molecule has 3 saturated carbocycles. The van der Waals surface area contributed by atoms with Gasteiger partial charge in [0.05, 0.1) is 19.8 Å². The van der Waals surface area contributed by atoms with Gasteiger partial charge in [-0.25, -0.2) is 4.79 Å². The maximum atomic E-state index is 10.8. The van der Waals surface area contributed by atoms with Gasteiger partial charge in [-0.1, -0.05) is 13.5 Å². The van der Waals surface area contributed by atoms with Crippen LogP contribution in [0.2, 0.25) is 0 Å². The van der Waals surface area contributed by atoms with E-state index in [9.17, 15) is 4.79 Å². The Morgan fingerprint density at radius 2 is 1.68 bits per heavy atom. The largest absolute Gasteiger partial charge is 0.460 e. The molecular weight excluding hydrogens is 316 g/mol. The first-order chi connectivity index (χ1) is 12.2. The van der Waals surface area contributed by atoms with E-state index in [-0.39, 0.29) is 6.61 Å². The van der Waals surface area contributed by atoms with Gasteiger partial charge >= 0.3 is 5.97 Å². The van der Waals surface area contributed by atoms with Gasteiger partial charge in [-0.15, -0.1) is 0 Å². The molecule has 0 saturated heterocycles. The Labute approximate surface area is 152 Å². The molecule has 0 spiro atoms. The topological polar surface area (TPSA) is 44.8 Å². The van der Waals surface area contributed by atoms with Crippen molar-refractivity contribution in [1.29, 1.82) is 0 Å². The molecule has 0 radical (unpaired) electrons. The number of hydrogen-bond donors (Lipinski definition) is 0. The fraction of sp³-hybridized carbons (Fsp3) is 0.857. The third kappa shape index (κ3) is 4.65. The molecule has 3 aliphatic carbocycles. The highest BCUT2D eigenvalue weighted by molar-refractivity contribution is 5.81. The third-order valence-corrected chi connectivity index (χ3v) is 6.80. The van der Waals surface area contributed by atoms with E-state index in [1.165, 1.54) is 38.5 Å². The lowest BCUT2D eigenvalue weighted by Crippen LogP contribution is -2.24. The van der Waals surface area contributed by atoms with Crippen molar-refractivity contribution in [2.24, 2.45) is 35.5 Å². The number of carbonyl (C=O) groups is 1. The Balaban J connectivity index is 1.19. The number of esters is 1. The molecule has 0 aromatic heterocycles. The maximum absolute atomic E-state index is 10.8. The maximum Gasteiger partial charge on any atom is 0.330 e. The fourth-order valence-corrected chi connectivity index (χ4v) is 6.06. The van der Waals surface area contributed by atoms with Crippen LogP contribution < -0.4 is 0 Å². The predicted octanol–water partition coefficient (Wildman–Crippen LogP) is 3.85. The fourth-order valence-electron chi connectivity index (χ4n) is 6.06. The SMILES string of the molecule is C=CC(=O)OCCOCCOCCCC1CC(C)C2C3CCC(C3)C12. The first kappa shape index (κ1) is 18.9. The molecule has 3 aliphatic rings. The second kappa shape index (κ2) is 9.18. The lowest BCUT2D eigenvalue weighted by Gasteiger charge is -2.30. The van der Waals surface area contributed by atoms with E-state index in [0.29, 0.717) is 19.8 Å². The van der Waals surface area contributed by atoms with Crippen LogP contribution in [0.25, 0.3) is 0 Å². The van der Waals surface area contributed by atoms with Crippen LogP contribution in [-0.2, 0) is 19.0 Å². The highest BCUT2D eigenvalue weighted by Gasteiger charge is 2.55. The summed E-state index contributed by atoms with van der Waals surface area (Å²) in [6.45, 7) is 8.54. The molecule has 3 fully saturated rings. The second-order valence-electron chi connectivity index (χ2n) is 8.20. The Morgan fingerprint density at radius 1 is 1.00 bits per heavy atom. The molecule has 4 nitrogen and oxygen atoms in total. The summed E-state index contributed by atoms with van der Waals surface area (Å²) in [4.78, 5) is 10.8. The molecule has 0 amide bonds. The minimum atomic E-state index is -0.404. The van der Waals surface area contributed by atoms with E-state index in [0.717, 1.165) is 48.2 Å². The van der Waals surface area contributed by atoms with Crippen LogP contribution >= 0.6 is 0 Å². The summed E-state index contributed by atoms with van der Waals surface area (Å²) >= 11 is 0. The standard InChI is InChI=1S/C21H34O4/c1-3-19(22)25-12-11-24-10-9-23-8-4-5-16-13-15(2)20-17-6-7-18(14-17)21(16)20/h3,15-18,20-21H,1,4-14H2,2H3. The van der Waals surface area contributed by atoms with Crippen LogP contribution in [-0.4, -0.2) is 39.0 Å². The van der Waals surface area contributed by atoms with Gasteiger partial charge in [-0.3, -0.25) is 0 Å². The van der Waals surface area contributed by atoms with Crippen LogP contribution in [0.5, 0.6) is 0 Å². The Kier molecular flexibility index (Phi) is 6.94. The molecule has 25 heavy (non-hydrogen) atoms. The van der Waals surface area contributed by atoms with E-state index in [1.807, 2.05) is 0 Å². The molecule has 6 unspecified atom stereocenters. The third-order valence-electron chi connectivity index (χ3n) is 6.80. The average Bonchev–Trinajstić information content (AvgIpc) is 3.30. The molecule has 6 atom stereocenters. The van der Waals surface area contributed by atoms with Gasteiger partial charge in [0.1, 0.15) is 6.61 Å². The van der Waals surface area contributed by atoms with Gasteiger partial charge in [0.2, 0.25) is 0 Å². The summed E-state index contributed by atoms with van der Waals surface area (Å²) in [5.41, 5.74) is 0. The zero-order valence-corrected chi connectivity index (χ0v) is 15.7. The van der Waals surface area contributed by atoms with Gasteiger partial charge in [-0.2, -0.15) is 0 Å². The van der Waals surface area contributed by atoms with E-state index in [4.69, 9.17) is 14.2 Å². The van der Waals surface area contributed by atoms with Gasteiger partial charge in [0.15, 0.2) is 0 Å². The zero-order valence-electron chi connectivity index (χ0n) is 15.7. The normalized spacial score (nSPS) is 35.7. The van der Waals surface area contributed by atoms with Crippen molar-refractivity contribution in [1.82, 2.24) is 0 Å². The average molecular weight is 350 g/mol. The molecule has 3 rings (SSSR count). The van der Waals surface area contributed by atoms with Gasteiger partial charge in [0, 0.05) is 12.7 Å². The van der Waals surface area contributed by atoms with Crippen molar-refractivity contribution >= 4 is 5.97 Å². The first-order valence-electron chi connectivity index (χ1n) is 10.2. The lowest BCUT2D eigenvalue weighted by atomic mass is 9.75. The Morgan fingerprint density at radius 3 is 2.44 bits per heavy atom. The van der Waals surface area contributed by atoms with Gasteiger partial charge < -0.3 is 14.2 Å². The molecule has 0 heterocycles. The highest BCUT2D eigenvalue weighted by atomic mass is 16.6. The summed E-state index contributed by atoms with van der Waals surface area (Å²) < 4.78 is 15.9. The minimum absolute atomic E-state index is 0.273. The molecular formula is C21H34O4. The monoisotopic (exact) mass is 350 g/mol. The molecule has 0 aromatic rings. The number of hydrogen-bond acceptors (Lipinski definition) is 4. The summed E-state index contributed by atoms with van der Waals surface area (Å²) in [6.07, 6.45) is 9.68. The molecule has 2 bridgehead atoms. The van der Waals surface area contributed by atoms with Crippen LogP contribution in [0.4, 0.5) is 0 Å². The lowest BCUT2D eigenvalue weighted by molar-refractivity contribution is -0.139. The van der Waals surface area contributed by atoms with Crippen molar-refractivity contribution in [2.45, 2.75) is 45.4 Å². The van der Waals surface area contributed by atoms with E-state index in [1.54, 1.807) is 0 Å².